The van der Waals surface area contributed by atoms with Gasteiger partial charge in [-0.15, -0.1) is 6.58 Å². The highest BCUT2D eigenvalue weighted by molar-refractivity contribution is 6.00. The Balaban J connectivity index is 1.97. The maximum atomic E-state index is 12.9. The van der Waals surface area contributed by atoms with E-state index in [1.165, 1.54) is 25.7 Å². The fourth-order valence-electron chi connectivity index (χ4n) is 4.52. The molecule has 0 saturated carbocycles. The minimum absolute atomic E-state index is 0.206. The first-order chi connectivity index (χ1) is 16.5. The molecule has 2 atom stereocenters. The molecule has 2 amide bonds. The molecule has 1 fully saturated rings. The lowest BCUT2D eigenvalue weighted by Gasteiger charge is -2.53. The zero-order chi connectivity index (χ0) is 26.2. The van der Waals surface area contributed by atoms with E-state index in [2.05, 4.69) is 11.9 Å². The number of benzene rings is 1. The molecular weight excluding hydrogens is 452 g/mol. The van der Waals surface area contributed by atoms with Gasteiger partial charge in [-0.2, -0.15) is 0 Å². The Morgan fingerprint density at radius 3 is 2.00 bits per heavy atom. The Morgan fingerprint density at radius 2 is 1.51 bits per heavy atom. The number of nitrogens with one attached hydrogen (secondary N) is 1. The third-order valence-electron chi connectivity index (χ3n) is 6.27. The minimum Gasteiger partial charge on any atom is -0.338 e. The molecule has 0 aliphatic carbocycles. The van der Waals surface area contributed by atoms with E-state index in [0.717, 1.165) is 43.9 Å². The number of nitrogens with zero attached hydrogens (tertiary/aromatic N) is 3. The molecule has 0 aromatic heterocycles. The molecule has 1 aromatic rings. The molecule has 1 aliphatic heterocycles. The van der Waals surface area contributed by atoms with Crippen LogP contribution < -0.4 is 5.32 Å². The molecule has 1 saturated heterocycles. The van der Waals surface area contributed by atoms with Gasteiger partial charge in [0.2, 0.25) is 5.91 Å². The van der Waals surface area contributed by atoms with Crippen molar-refractivity contribution in [1.29, 1.82) is 0 Å². The van der Waals surface area contributed by atoms with Crippen molar-refractivity contribution in [3.8, 4) is 0 Å². The zero-order valence-electron chi connectivity index (χ0n) is 20.8. The molecular formula is C25H36N4O6. The van der Waals surface area contributed by atoms with Gasteiger partial charge in [-0.1, -0.05) is 59.0 Å². The van der Waals surface area contributed by atoms with Crippen LogP contribution in [0.1, 0.15) is 82.5 Å². The van der Waals surface area contributed by atoms with Crippen molar-refractivity contribution in [2.75, 3.05) is 6.54 Å². The van der Waals surface area contributed by atoms with E-state index in [9.17, 15) is 29.8 Å². The van der Waals surface area contributed by atoms with Crippen LogP contribution in [0.25, 0.3) is 0 Å². The summed E-state index contributed by atoms with van der Waals surface area (Å²) in [5.74, 6) is -0.955. The van der Waals surface area contributed by atoms with Gasteiger partial charge in [0.25, 0.3) is 17.3 Å². The van der Waals surface area contributed by atoms with Gasteiger partial charge in [-0.05, 0) is 24.7 Å². The van der Waals surface area contributed by atoms with E-state index in [4.69, 9.17) is 0 Å². The quantitative estimate of drug-likeness (QED) is 0.126. The second kappa shape index (κ2) is 12.4. The van der Waals surface area contributed by atoms with Gasteiger partial charge in [0, 0.05) is 18.7 Å². The second-order valence-electron chi connectivity index (χ2n) is 10.1. The highest BCUT2D eigenvalue weighted by Crippen LogP contribution is 2.36. The largest absolute Gasteiger partial charge is 0.338 e. The van der Waals surface area contributed by atoms with Crippen LogP contribution in [0.2, 0.25) is 0 Å². The number of nitro groups is 2. The van der Waals surface area contributed by atoms with Crippen LogP contribution in [0.4, 0.5) is 11.4 Å². The smallest absolute Gasteiger partial charge is 0.277 e. The van der Waals surface area contributed by atoms with E-state index in [0.29, 0.717) is 6.54 Å². The number of carbonyl (C=O) groups is 2. The van der Waals surface area contributed by atoms with Crippen LogP contribution in [0.5, 0.6) is 0 Å². The zero-order valence-corrected chi connectivity index (χ0v) is 20.8. The summed E-state index contributed by atoms with van der Waals surface area (Å²) >= 11 is 0. The Morgan fingerprint density at radius 1 is 1.00 bits per heavy atom. The minimum atomic E-state index is -0.792. The summed E-state index contributed by atoms with van der Waals surface area (Å²) in [6.07, 6.45) is 10.8. The lowest BCUT2D eigenvalue weighted by atomic mass is 9.75. The number of rotatable bonds is 14. The predicted octanol–water partition coefficient (Wildman–Crippen LogP) is 5.17. The fraction of sp³-hybridized carbons (Fsp3) is 0.600. The SMILES string of the molecule is C=CCCCCCCCCCN1C(=O)[C@H](NC(=O)c2cc([N+](=O)[O-])cc([N+](=O)[O-])c2)C1C(C)(C)C. The summed E-state index contributed by atoms with van der Waals surface area (Å²) in [5.41, 5.74) is -1.65. The maximum Gasteiger partial charge on any atom is 0.277 e. The molecule has 10 nitrogen and oxygen atoms in total. The number of β-lactam (4-membered cyclic amide) rings is 1. The summed E-state index contributed by atoms with van der Waals surface area (Å²) in [5, 5.41) is 24.9. The van der Waals surface area contributed by atoms with Crippen LogP contribution in [-0.4, -0.2) is 45.2 Å². The average Bonchev–Trinajstić information content (AvgIpc) is 2.79. The molecule has 10 heteroatoms. The van der Waals surface area contributed by atoms with Crippen LogP contribution in [-0.2, 0) is 4.79 Å². The number of allylic oxidation sites excluding steroid dienone is 1. The third-order valence-corrected chi connectivity index (χ3v) is 6.27. The molecule has 1 unspecified atom stereocenters. The summed E-state index contributed by atoms with van der Waals surface area (Å²) in [4.78, 5) is 48.2. The normalized spacial score (nSPS) is 17.6. The lowest BCUT2D eigenvalue weighted by molar-refractivity contribution is -0.394. The van der Waals surface area contributed by atoms with Gasteiger partial charge in [-0.3, -0.25) is 29.8 Å². The monoisotopic (exact) mass is 488 g/mol. The van der Waals surface area contributed by atoms with Crippen molar-refractivity contribution in [2.45, 2.75) is 84.2 Å². The van der Waals surface area contributed by atoms with E-state index >= 15 is 0 Å². The molecule has 0 radical (unpaired) electrons. The van der Waals surface area contributed by atoms with Crippen molar-refractivity contribution < 1.29 is 19.4 Å². The van der Waals surface area contributed by atoms with E-state index in [-0.39, 0.29) is 22.9 Å². The maximum absolute atomic E-state index is 12.9. The summed E-state index contributed by atoms with van der Waals surface area (Å²) in [7, 11) is 0. The lowest BCUT2D eigenvalue weighted by Crippen LogP contribution is -2.74. The van der Waals surface area contributed by atoms with Gasteiger partial charge in [0.1, 0.15) is 6.04 Å². The molecule has 0 bridgehead atoms. The molecule has 1 aliphatic rings. The van der Waals surface area contributed by atoms with Crippen molar-refractivity contribution in [3.63, 3.8) is 0 Å². The number of non-ortho nitro benzene ring substituents is 2. The number of likely N-dealkylation sites (tertiary alicyclic amines) is 1. The van der Waals surface area contributed by atoms with E-state index in [1.807, 2.05) is 26.8 Å². The average molecular weight is 489 g/mol. The van der Waals surface area contributed by atoms with Crippen LogP contribution in [0.15, 0.2) is 30.9 Å². The number of nitro benzene ring substituents is 2. The van der Waals surface area contributed by atoms with Crippen molar-refractivity contribution >= 4 is 23.2 Å². The Kier molecular flexibility index (Phi) is 9.91. The number of carbonyl (C=O) groups excluding carboxylic acids is 2. The Labute approximate surface area is 206 Å². The van der Waals surface area contributed by atoms with E-state index in [1.54, 1.807) is 4.90 Å². The third kappa shape index (κ3) is 7.60. The van der Waals surface area contributed by atoms with Crippen molar-refractivity contribution in [2.24, 2.45) is 5.41 Å². The van der Waals surface area contributed by atoms with Crippen molar-refractivity contribution in [1.82, 2.24) is 10.2 Å². The van der Waals surface area contributed by atoms with Crippen LogP contribution >= 0.6 is 0 Å². The number of hydrogen-bond donors (Lipinski definition) is 1. The molecule has 192 valence electrons. The fourth-order valence-corrected chi connectivity index (χ4v) is 4.52. The Hall–Kier alpha value is -3.30. The standard InChI is InChI=1S/C25H36N4O6/c1-5-6-7-8-9-10-11-12-13-14-27-22(25(2,3)4)21(24(27)31)26-23(30)18-15-19(28(32)33)17-20(16-18)29(34)35/h5,15-17,21-22H,1,6-14H2,2-4H3,(H,26,30)/t21-,22?/m1/s1. The van der Waals surface area contributed by atoms with Crippen LogP contribution in [0.3, 0.4) is 0 Å². The molecule has 1 N–H and O–H groups in total. The second-order valence-corrected chi connectivity index (χ2v) is 10.1. The van der Waals surface area contributed by atoms with Gasteiger partial charge < -0.3 is 10.2 Å². The first-order valence-corrected chi connectivity index (χ1v) is 12.1. The first kappa shape index (κ1) is 27.9. The molecule has 1 heterocycles. The number of unbranched alkanes of at least 4 members (excludes halogenated alkanes) is 7. The molecule has 2 rings (SSSR count). The van der Waals surface area contributed by atoms with Gasteiger partial charge in [-0.25, -0.2) is 0 Å². The predicted molar refractivity (Wildman–Crippen MR) is 133 cm³/mol. The summed E-state index contributed by atoms with van der Waals surface area (Å²) in [6, 6.07) is 1.73. The topological polar surface area (TPSA) is 136 Å². The Bertz CT molecular complexity index is 924. The number of amides is 2. The summed E-state index contributed by atoms with van der Waals surface area (Å²) < 4.78 is 0. The van der Waals surface area contributed by atoms with E-state index < -0.39 is 33.2 Å². The van der Waals surface area contributed by atoms with Crippen molar-refractivity contribution in [3.05, 3.63) is 56.6 Å². The highest BCUT2D eigenvalue weighted by Gasteiger charge is 2.52. The summed E-state index contributed by atoms with van der Waals surface area (Å²) in [6.45, 7) is 10.3. The van der Waals surface area contributed by atoms with Gasteiger partial charge >= 0.3 is 0 Å². The van der Waals surface area contributed by atoms with Crippen LogP contribution in [0, 0.1) is 25.6 Å². The van der Waals surface area contributed by atoms with Gasteiger partial charge in [0.15, 0.2) is 0 Å². The number of hydrogen-bond acceptors (Lipinski definition) is 6. The molecule has 0 spiro atoms. The molecule has 1 aromatic carbocycles. The first-order valence-electron chi connectivity index (χ1n) is 12.1. The van der Waals surface area contributed by atoms with Gasteiger partial charge in [0.05, 0.1) is 27.5 Å². The molecule has 35 heavy (non-hydrogen) atoms. The highest BCUT2D eigenvalue weighted by atomic mass is 16.6.